The van der Waals surface area contributed by atoms with E-state index in [0.717, 1.165) is 11.1 Å². The molecule has 8 nitrogen and oxygen atoms in total. The van der Waals surface area contributed by atoms with E-state index in [0.29, 0.717) is 25.1 Å². The number of methoxy groups -OCH3 is 1. The molecule has 2 aromatic heterocycles. The first-order valence-corrected chi connectivity index (χ1v) is 6.74. The fraction of sp³-hybridized carbons (Fsp3) is 0.286. The molecule has 0 radical (unpaired) electrons. The number of anilines is 1. The highest BCUT2D eigenvalue weighted by molar-refractivity contribution is 5.98. The topological polar surface area (TPSA) is 103 Å². The van der Waals surface area contributed by atoms with Crippen molar-refractivity contribution in [3.8, 4) is 0 Å². The van der Waals surface area contributed by atoms with Gasteiger partial charge >= 0.3 is 6.09 Å². The third-order valence-corrected chi connectivity index (χ3v) is 3.69. The van der Waals surface area contributed by atoms with E-state index >= 15 is 0 Å². The Bertz CT molecular complexity index is 740. The third kappa shape index (κ3) is 2.28. The van der Waals surface area contributed by atoms with Gasteiger partial charge in [-0.15, -0.1) is 0 Å². The highest BCUT2D eigenvalue weighted by atomic mass is 16.5. The maximum absolute atomic E-state index is 12.6. The number of hydrogen-bond acceptors (Lipinski definition) is 6. The van der Waals surface area contributed by atoms with Crippen LogP contribution < -0.4 is 5.73 Å². The molecule has 1 aliphatic rings. The zero-order valence-corrected chi connectivity index (χ0v) is 12.0. The van der Waals surface area contributed by atoms with Crippen LogP contribution in [0.5, 0.6) is 0 Å². The Hall–Kier alpha value is -2.90. The second-order valence-electron chi connectivity index (χ2n) is 4.93. The molecule has 0 saturated heterocycles. The molecule has 0 unspecified atom stereocenters. The van der Waals surface area contributed by atoms with Gasteiger partial charge in [-0.25, -0.2) is 9.78 Å². The monoisotopic (exact) mass is 301 g/mol. The van der Waals surface area contributed by atoms with E-state index in [1.165, 1.54) is 30.3 Å². The number of amides is 1. The number of nitrogens with zero attached hydrogens (tertiary/aromatic N) is 4. The number of hydrogen-bond donors (Lipinski definition) is 1. The number of ether oxygens (including phenoxy) is 1. The maximum atomic E-state index is 12.6. The van der Waals surface area contributed by atoms with Crippen molar-refractivity contribution in [1.82, 2.24) is 19.4 Å². The predicted molar refractivity (Wildman–Crippen MR) is 77.1 cm³/mol. The number of nitrogens with two attached hydrogens (primary N) is 1. The molecule has 2 N–H and O–H groups in total. The Morgan fingerprint density at radius 2 is 2.18 bits per heavy atom. The minimum absolute atomic E-state index is 0.134. The average molecular weight is 301 g/mol. The summed E-state index contributed by atoms with van der Waals surface area (Å²) in [6, 6.07) is 0. The first-order chi connectivity index (χ1) is 10.6. The second kappa shape index (κ2) is 5.47. The Morgan fingerprint density at radius 1 is 1.36 bits per heavy atom. The summed E-state index contributed by atoms with van der Waals surface area (Å²) in [6.07, 6.45) is 6.34. The molecule has 0 aliphatic carbocycles. The van der Waals surface area contributed by atoms with Crippen molar-refractivity contribution in [3.05, 3.63) is 41.5 Å². The fourth-order valence-corrected chi connectivity index (χ4v) is 2.58. The van der Waals surface area contributed by atoms with Gasteiger partial charge in [-0.3, -0.25) is 14.3 Å². The number of imidazole rings is 1. The van der Waals surface area contributed by atoms with Gasteiger partial charge in [-0.05, 0) is 17.5 Å². The van der Waals surface area contributed by atoms with Gasteiger partial charge in [-0.2, -0.15) is 0 Å². The lowest BCUT2D eigenvalue weighted by molar-refractivity contribution is 0.0960. The molecule has 114 valence electrons. The SMILES string of the molecule is COC(=O)N1CCc2c(cncc2C(=O)n2ccnc2N)C1. The summed E-state index contributed by atoms with van der Waals surface area (Å²) >= 11 is 0. The first-order valence-electron chi connectivity index (χ1n) is 6.74. The summed E-state index contributed by atoms with van der Waals surface area (Å²) < 4.78 is 6.01. The quantitative estimate of drug-likeness (QED) is 0.830. The van der Waals surface area contributed by atoms with Gasteiger partial charge in [0.1, 0.15) is 0 Å². The van der Waals surface area contributed by atoms with Gasteiger partial charge in [0.2, 0.25) is 5.95 Å². The van der Waals surface area contributed by atoms with Crippen LogP contribution in [-0.4, -0.2) is 45.1 Å². The number of carbonyl (C=O) groups excluding carboxylic acids is 2. The Kier molecular flexibility index (Phi) is 3.50. The summed E-state index contributed by atoms with van der Waals surface area (Å²) in [6.45, 7) is 0.860. The number of rotatable bonds is 1. The van der Waals surface area contributed by atoms with Crippen LogP contribution in [0.15, 0.2) is 24.8 Å². The lowest BCUT2D eigenvalue weighted by Gasteiger charge is -2.28. The molecule has 0 bridgehead atoms. The highest BCUT2D eigenvalue weighted by Gasteiger charge is 2.26. The van der Waals surface area contributed by atoms with Crippen molar-refractivity contribution < 1.29 is 14.3 Å². The molecule has 0 fully saturated rings. The summed E-state index contributed by atoms with van der Waals surface area (Å²) in [7, 11) is 1.35. The van der Waals surface area contributed by atoms with Crippen molar-refractivity contribution >= 4 is 17.9 Å². The van der Waals surface area contributed by atoms with Crippen LogP contribution in [0.3, 0.4) is 0 Å². The van der Waals surface area contributed by atoms with E-state index < -0.39 is 0 Å². The smallest absolute Gasteiger partial charge is 0.409 e. The molecule has 8 heteroatoms. The van der Waals surface area contributed by atoms with E-state index in [2.05, 4.69) is 9.97 Å². The van der Waals surface area contributed by atoms with E-state index in [9.17, 15) is 9.59 Å². The third-order valence-electron chi connectivity index (χ3n) is 3.69. The summed E-state index contributed by atoms with van der Waals surface area (Å²) in [5, 5.41) is 0. The van der Waals surface area contributed by atoms with E-state index in [1.807, 2.05) is 0 Å². The van der Waals surface area contributed by atoms with E-state index in [1.54, 1.807) is 11.1 Å². The molecule has 0 aromatic carbocycles. The van der Waals surface area contributed by atoms with Gasteiger partial charge < -0.3 is 15.4 Å². The number of aromatic nitrogens is 3. The Balaban J connectivity index is 1.95. The standard InChI is InChI=1S/C14H15N5O3/c1-22-14(21)18-4-2-10-9(8-18)6-16-7-11(10)12(20)19-5-3-17-13(19)15/h3,5-7H,2,4,8H2,1H3,(H2,15,17). The zero-order chi connectivity index (χ0) is 15.7. The van der Waals surface area contributed by atoms with E-state index in [4.69, 9.17) is 10.5 Å². The molecule has 0 spiro atoms. The molecule has 22 heavy (non-hydrogen) atoms. The molecule has 1 amide bonds. The lowest BCUT2D eigenvalue weighted by atomic mass is 9.97. The molecule has 3 rings (SSSR count). The van der Waals surface area contributed by atoms with Crippen molar-refractivity contribution in [2.75, 3.05) is 19.4 Å². The van der Waals surface area contributed by atoms with Gasteiger partial charge in [-0.1, -0.05) is 0 Å². The molecule has 0 atom stereocenters. The Morgan fingerprint density at radius 3 is 2.86 bits per heavy atom. The first kappa shape index (κ1) is 14.1. The average Bonchev–Trinajstić information content (AvgIpc) is 2.98. The summed E-state index contributed by atoms with van der Waals surface area (Å²) in [4.78, 5) is 33.7. The molecular formula is C14H15N5O3. The van der Waals surface area contributed by atoms with Crippen LogP contribution in [0.2, 0.25) is 0 Å². The van der Waals surface area contributed by atoms with Gasteiger partial charge in [0, 0.05) is 31.3 Å². The van der Waals surface area contributed by atoms with Crippen LogP contribution in [0.1, 0.15) is 21.5 Å². The van der Waals surface area contributed by atoms with Crippen LogP contribution in [-0.2, 0) is 17.7 Å². The van der Waals surface area contributed by atoms with Crippen molar-refractivity contribution in [2.45, 2.75) is 13.0 Å². The minimum atomic E-state index is -0.388. The number of nitrogen functional groups attached to an aromatic ring is 1. The van der Waals surface area contributed by atoms with Crippen LogP contribution in [0.4, 0.5) is 10.7 Å². The van der Waals surface area contributed by atoms with Crippen molar-refractivity contribution in [3.63, 3.8) is 0 Å². The van der Waals surface area contributed by atoms with Gasteiger partial charge in [0.15, 0.2) is 0 Å². The fourth-order valence-electron chi connectivity index (χ4n) is 2.58. The second-order valence-corrected chi connectivity index (χ2v) is 4.93. The Labute approximate surface area is 126 Å². The molecule has 1 aliphatic heterocycles. The van der Waals surface area contributed by atoms with Crippen LogP contribution in [0, 0.1) is 0 Å². The minimum Gasteiger partial charge on any atom is -0.453 e. The van der Waals surface area contributed by atoms with E-state index in [-0.39, 0.29) is 17.9 Å². The largest absolute Gasteiger partial charge is 0.453 e. The highest BCUT2D eigenvalue weighted by Crippen LogP contribution is 2.23. The van der Waals surface area contributed by atoms with Crippen molar-refractivity contribution in [1.29, 1.82) is 0 Å². The van der Waals surface area contributed by atoms with Crippen LogP contribution in [0.25, 0.3) is 0 Å². The normalized spacial score (nSPS) is 13.6. The molecule has 0 saturated carbocycles. The summed E-state index contributed by atoms with van der Waals surface area (Å²) in [5.74, 6) is -0.138. The maximum Gasteiger partial charge on any atom is 0.409 e. The van der Waals surface area contributed by atoms with Crippen LogP contribution >= 0.6 is 0 Å². The van der Waals surface area contributed by atoms with Gasteiger partial charge in [0.25, 0.3) is 5.91 Å². The number of pyridine rings is 1. The number of fused-ring (bicyclic) bond motifs is 1. The summed E-state index contributed by atoms with van der Waals surface area (Å²) in [5.41, 5.74) is 7.87. The zero-order valence-electron chi connectivity index (χ0n) is 12.0. The molecule has 2 aromatic rings. The molecule has 3 heterocycles. The van der Waals surface area contributed by atoms with Gasteiger partial charge in [0.05, 0.1) is 19.2 Å². The molecular weight excluding hydrogens is 286 g/mol. The van der Waals surface area contributed by atoms with Crippen molar-refractivity contribution in [2.24, 2.45) is 0 Å². The predicted octanol–water partition coefficient (Wildman–Crippen LogP) is 0.673. The lowest BCUT2D eigenvalue weighted by Crippen LogP contribution is -2.36. The number of carbonyl (C=O) groups is 2.